The van der Waals surface area contributed by atoms with Gasteiger partial charge in [0.05, 0.1) is 6.61 Å². The molecule has 2 aliphatic rings. The van der Waals surface area contributed by atoms with Crippen LogP contribution in [0.1, 0.15) is 50.2 Å². The van der Waals surface area contributed by atoms with Crippen molar-refractivity contribution in [1.29, 1.82) is 0 Å². The molecule has 1 heterocycles. The van der Waals surface area contributed by atoms with E-state index in [2.05, 4.69) is 0 Å². The summed E-state index contributed by atoms with van der Waals surface area (Å²) in [6, 6.07) is 15.1. The van der Waals surface area contributed by atoms with E-state index >= 15 is 0 Å². The molecule has 1 saturated carbocycles. The predicted octanol–water partition coefficient (Wildman–Crippen LogP) is 4.81. The lowest BCUT2D eigenvalue weighted by atomic mass is 9.93. The summed E-state index contributed by atoms with van der Waals surface area (Å²) in [6.07, 6.45) is 5.39. The minimum absolute atomic E-state index is 0.114. The van der Waals surface area contributed by atoms with E-state index in [4.69, 9.17) is 18.9 Å². The SMILES string of the molecule is CCOc1cc(C=C2C(=O)OC3(CCCCC3)OC2=O)ccc1OCc1ccccc1. The van der Waals surface area contributed by atoms with E-state index < -0.39 is 17.7 Å². The Morgan fingerprint density at radius 2 is 1.61 bits per heavy atom. The maximum atomic E-state index is 12.6. The molecule has 1 spiro atoms. The molecule has 2 aromatic carbocycles. The number of rotatable bonds is 6. The van der Waals surface area contributed by atoms with Gasteiger partial charge in [0.1, 0.15) is 12.2 Å². The number of carbonyl (C=O) groups is 2. The van der Waals surface area contributed by atoms with Crippen LogP contribution < -0.4 is 9.47 Å². The molecule has 31 heavy (non-hydrogen) atoms. The molecule has 1 saturated heterocycles. The third kappa shape index (κ3) is 4.90. The summed E-state index contributed by atoms with van der Waals surface area (Å²) in [5.74, 6) is -1.24. The summed E-state index contributed by atoms with van der Waals surface area (Å²) in [5, 5.41) is 0. The molecule has 0 aromatic heterocycles. The summed E-state index contributed by atoms with van der Waals surface area (Å²) < 4.78 is 22.7. The Balaban J connectivity index is 1.52. The van der Waals surface area contributed by atoms with Gasteiger partial charge in [-0.15, -0.1) is 0 Å². The molecule has 0 bridgehead atoms. The highest BCUT2D eigenvalue weighted by molar-refractivity contribution is 6.18. The van der Waals surface area contributed by atoms with Gasteiger partial charge in [0.25, 0.3) is 5.79 Å². The van der Waals surface area contributed by atoms with Crippen molar-refractivity contribution in [2.45, 2.75) is 51.4 Å². The highest BCUT2D eigenvalue weighted by Crippen LogP contribution is 2.38. The molecule has 0 unspecified atom stereocenters. The fourth-order valence-corrected chi connectivity index (χ4v) is 3.87. The van der Waals surface area contributed by atoms with Crippen LogP contribution in [0.25, 0.3) is 6.08 Å². The minimum Gasteiger partial charge on any atom is -0.490 e. The van der Waals surface area contributed by atoms with Crippen LogP contribution in [0.5, 0.6) is 11.5 Å². The van der Waals surface area contributed by atoms with Crippen molar-refractivity contribution in [2.75, 3.05) is 6.61 Å². The van der Waals surface area contributed by atoms with Gasteiger partial charge in [0.2, 0.25) is 0 Å². The van der Waals surface area contributed by atoms with Crippen LogP contribution in [0.15, 0.2) is 54.1 Å². The van der Waals surface area contributed by atoms with Crippen molar-refractivity contribution in [1.82, 2.24) is 0 Å². The van der Waals surface area contributed by atoms with Gasteiger partial charge in [-0.3, -0.25) is 0 Å². The zero-order valence-corrected chi connectivity index (χ0v) is 17.6. The molecular weight excluding hydrogens is 396 g/mol. The molecule has 0 radical (unpaired) electrons. The monoisotopic (exact) mass is 422 g/mol. The second kappa shape index (κ2) is 9.25. The van der Waals surface area contributed by atoms with Gasteiger partial charge >= 0.3 is 11.9 Å². The number of benzene rings is 2. The van der Waals surface area contributed by atoms with Crippen molar-refractivity contribution in [3.8, 4) is 11.5 Å². The van der Waals surface area contributed by atoms with E-state index in [1.54, 1.807) is 18.2 Å². The van der Waals surface area contributed by atoms with Crippen LogP contribution in [-0.2, 0) is 25.7 Å². The number of hydrogen-bond acceptors (Lipinski definition) is 6. The molecule has 0 amide bonds. The zero-order chi connectivity index (χ0) is 21.7. The fraction of sp³-hybridized carbons (Fsp3) is 0.360. The highest BCUT2D eigenvalue weighted by Gasteiger charge is 2.46. The van der Waals surface area contributed by atoms with Gasteiger partial charge in [-0.25, -0.2) is 9.59 Å². The summed E-state index contributed by atoms with van der Waals surface area (Å²) >= 11 is 0. The van der Waals surface area contributed by atoms with Gasteiger partial charge in [-0.2, -0.15) is 0 Å². The first-order valence-electron chi connectivity index (χ1n) is 10.7. The first-order chi connectivity index (χ1) is 15.1. The van der Waals surface area contributed by atoms with Crippen molar-refractivity contribution >= 4 is 18.0 Å². The number of ether oxygens (including phenoxy) is 4. The van der Waals surface area contributed by atoms with E-state index in [0.29, 0.717) is 43.1 Å². The van der Waals surface area contributed by atoms with Gasteiger partial charge in [-0.1, -0.05) is 42.8 Å². The van der Waals surface area contributed by atoms with Crippen LogP contribution in [0.2, 0.25) is 0 Å². The Kier molecular flexibility index (Phi) is 6.26. The Morgan fingerprint density at radius 1 is 0.903 bits per heavy atom. The third-order valence-corrected chi connectivity index (χ3v) is 5.43. The normalized spacial score (nSPS) is 17.6. The lowest BCUT2D eigenvalue weighted by molar-refractivity contribution is -0.244. The molecule has 1 aliphatic carbocycles. The standard InChI is InChI=1S/C25H26O6/c1-2-28-22-16-19(11-12-21(22)29-17-18-9-5-3-6-10-18)15-20-23(26)30-25(31-24(20)27)13-7-4-8-14-25/h3,5-6,9-12,15-16H,2,4,7-8,13-14,17H2,1H3. The fourth-order valence-electron chi connectivity index (χ4n) is 3.87. The molecule has 6 nitrogen and oxygen atoms in total. The lowest BCUT2D eigenvalue weighted by Gasteiger charge is -2.38. The molecule has 0 N–H and O–H groups in total. The Morgan fingerprint density at radius 3 is 2.29 bits per heavy atom. The third-order valence-electron chi connectivity index (χ3n) is 5.43. The topological polar surface area (TPSA) is 71.1 Å². The van der Waals surface area contributed by atoms with Crippen molar-refractivity contribution in [3.05, 3.63) is 65.2 Å². The van der Waals surface area contributed by atoms with E-state index in [1.807, 2.05) is 37.3 Å². The van der Waals surface area contributed by atoms with Crippen molar-refractivity contribution < 1.29 is 28.5 Å². The second-order valence-electron chi connectivity index (χ2n) is 7.72. The smallest absolute Gasteiger partial charge is 0.348 e. The Labute approximate surface area is 181 Å². The van der Waals surface area contributed by atoms with Crippen molar-refractivity contribution in [3.63, 3.8) is 0 Å². The molecule has 1 aliphatic heterocycles. The van der Waals surface area contributed by atoms with Crippen molar-refractivity contribution in [2.24, 2.45) is 0 Å². The Bertz CT molecular complexity index is 951. The summed E-state index contributed by atoms with van der Waals surface area (Å²) in [6.45, 7) is 2.74. The number of esters is 2. The average Bonchev–Trinajstić information content (AvgIpc) is 2.77. The first-order valence-corrected chi connectivity index (χ1v) is 10.7. The first kappa shape index (κ1) is 21.0. The predicted molar refractivity (Wildman–Crippen MR) is 114 cm³/mol. The molecule has 2 aromatic rings. The number of carbonyl (C=O) groups excluding carboxylic acids is 2. The quantitative estimate of drug-likeness (QED) is 0.378. The number of hydrogen-bond donors (Lipinski definition) is 0. The largest absolute Gasteiger partial charge is 0.490 e. The average molecular weight is 422 g/mol. The van der Waals surface area contributed by atoms with Crippen LogP contribution in [0.4, 0.5) is 0 Å². The second-order valence-corrected chi connectivity index (χ2v) is 7.72. The summed E-state index contributed by atoms with van der Waals surface area (Å²) in [4.78, 5) is 25.1. The van der Waals surface area contributed by atoms with Gasteiger partial charge < -0.3 is 18.9 Å². The molecule has 4 rings (SSSR count). The van der Waals surface area contributed by atoms with Gasteiger partial charge in [0, 0.05) is 12.8 Å². The minimum atomic E-state index is -1.09. The highest BCUT2D eigenvalue weighted by atomic mass is 16.7. The Hall–Kier alpha value is -3.28. The van der Waals surface area contributed by atoms with E-state index in [9.17, 15) is 9.59 Å². The molecule has 2 fully saturated rings. The molecule has 0 atom stereocenters. The van der Waals surface area contributed by atoms with Crippen LogP contribution in [0, 0.1) is 0 Å². The lowest BCUT2D eigenvalue weighted by Crippen LogP contribution is -2.47. The molecule has 162 valence electrons. The van der Waals surface area contributed by atoms with Gasteiger partial charge in [-0.05, 0) is 49.1 Å². The summed E-state index contributed by atoms with van der Waals surface area (Å²) in [7, 11) is 0. The van der Waals surface area contributed by atoms with E-state index in [-0.39, 0.29) is 5.57 Å². The van der Waals surface area contributed by atoms with Crippen LogP contribution in [0.3, 0.4) is 0 Å². The maximum absolute atomic E-state index is 12.6. The van der Waals surface area contributed by atoms with Crippen LogP contribution >= 0.6 is 0 Å². The van der Waals surface area contributed by atoms with E-state index in [1.165, 1.54) is 6.08 Å². The molecular formula is C25H26O6. The van der Waals surface area contributed by atoms with Gasteiger partial charge in [0.15, 0.2) is 11.5 Å². The zero-order valence-electron chi connectivity index (χ0n) is 17.6. The maximum Gasteiger partial charge on any atom is 0.348 e. The van der Waals surface area contributed by atoms with E-state index in [0.717, 1.165) is 24.8 Å². The summed E-state index contributed by atoms with van der Waals surface area (Å²) in [5.41, 5.74) is 1.55. The van der Waals surface area contributed by atoms with Crippen LogP contribution in [-0.4, -0.2) is 24.3 Å². The molecule has 6 heteroatoms.